The van der Waals surface area contributed by atoms with Gasteiger partial charge in [-0.15, -0.1) is 0 Å². The van der Waals surface area contributed by atoms with Gasteiger partial charge in [-0.2, -0.15) is 0 Å². The van der Waals surface area contributed by atoms with Crippen molar-refractivity contribution in [3.63, 3.8) is 0 Å². The molecule has 1 aliphatic rings. The lowest BCUT2D eigenvalue weighted by molar-refractivity contribution is 0.0682. The van der Waals surface area contributed by atoms with Crippen LogP contribution < -0.4 is 9.47 Å². The number of likely N-dealkylation sites (tertiary alicyclic amines) is 1. The van der Waals surface area contributed by atoms with Crippen molar-refractivity contribution < 1.29 is 14.3 Å². The van der Waals surface area contributed by atoms with Crippen LogP contribution in [0.4, 0.5) is 0 Å². The number of methoxy groups -OCH3 is 2. The number of nitrogens with zero attached hydrogens (tertiary/aromatic N) is 3. The van der Waals surface area contributed by atoms with Crippen LogP contribution in [0.5, 0.6) is 11.5 Å². The van der Waals surface area contributed by atoms with Crippen molar-refractivity contribution in [2.24, 2.45) is 5.92 Å². The van der Waals surface area contributed by atoms with Gasteiger partial charge in [0.2, 0.25) is 0 Å². The van der Waals surface area contributed by atoms with Crippen LogP contribution in [-0.2, 0) is 6.54 Å². The zero-order valence-electron chi connectivity index (χ0n) is 15.1. The van der Waals surface area contributed by atoms with E-state index in [9.17, 15) is 4.79 Å². The molecule has 6 heteroatoms. The molecule has 1 saturated heterocycles. The maximum atomic E-state index is 12.8. The van der Waals surface area contributed by atoms with E-state index in [0.717, 1.165) is 38.3 Å². The van der Waals surface area contributed by atoms with E-state index in [1.165, 1.54) is 0 Å². The topological polar surface area (TPSA) is 56.6 Å². The zero-order valence-corrected chi connectivity index (χ0v) is 15.1. The van der Waals surface area contributed by atoms with E-state index in [2.05, 4.69) is 9.55 Å². The highest BCUT2D eigenvalue weighted by Gasteiger charge is 2.24. The van der Waals surface area contributed by atoms with Gasteiger partial charge in [-0.25, -0.2) is 4.98 Å². The molecular formula is C19H25N3O3. The highest BCUT2D eigenvalue weighted by molar-refractivity contribution is 5.95. The Labute approximate surface area is 148 Å². The number of aromatic nitrogens is 2. The smallest absolute Gasteiger partial charge is 0.253 e. The van der Waals surface area contributed by atoms with E-state index in [0.29, 0.717) is 23.0 Å². The van der Waals surface area contributed by atoms with Gasteiger partial charge in [0.1, 0.15) is 5.82 Å². The average Bonchev–Trinajstić information content (AvgIpc) is 3.05. The standard InChI is InChI=1S/C19H25N3O3/c1-14-20-8-11-22(14)13-15-6-9-21(10-7-15)19(23)16-4-5-17(24-2)18(12-16)25-3/h4-5,8,11-12,15H,6-7,9-10,13H2,1-3H3. The van der Waals surface area contributed by atoms with Crippen molar-refractivity contribution in [3.8, 4) is 11.5 Å². The fraction of sp³-hybridized carbons (Fsp3) is 0.474. The summed E-state index contributed by atoms with van der Waals surface area (Å²) >= 11 is 0. The quantitative estimate of drug-likeness (QED) is 0.838. The van der Waals surface area contributed by atoms with Gasteiger partial charge in [-0.1, -0.05) is 0 Å². The molecule has 6 nitrogen and oxygen atoms in total. The molecule has 2 aromatic rings. The first-order valence-electron chi connectivity index (χ1n) is 8.61. The number of aryl methyl sites for hydroxylation is 1. The summed E-state index contributed by atoms with van der Waals surface area (Å²) in [4.78, 5) is 19.0. The predicted octanol–water partition coefficient (Wildman–Crippen LogP) is 2.76. The molecule has 3 rings (SSSR count). The van der Waals surface area contributed by atoms with E-state index >= 15 is 0 Å². The fourth-order valence-corrected chi connectivity index (χ4v) is 3.35. The molecule has 0 atom stereocenters. The summed E-state index contributed by atoms with van der Waals surface area (Å²) in [5, 5.41) is 0. The number of hydrogen-bond donors (Lipinski definition) is 0. The van der Waals surface area contributed by atoms with Crippen LogP contribution in [0.1, 0.15) is 29.0 Å². The number of hydrogen-bond acceptors (Lipinski definition) is 4. The van der Waals surface area contributed by atoms with Gasteiger partial charge in [0.15, 0.2) is 11.5 Å². The van der Waals surface area contributed by atoms with Gasteiger partial charge in [0.25, 0.3) is 5.91 Å². The first-order valence-corrected chi connectivity index (χ1v) is 8.61. The van der Waals surface area contributed by atoms with Crippen LogP contribution in [-0.4, -0.2) is 47.7 Å². The lowest BCUT2D eigenvalue weighted by Crippen LogP contribution is -2.39. The molecule has 0 spiro atoms. The first kappa shape index (κ1) is 17.3. The number of ether oxygens (including phenoxy) is 2. The second-order valence-corrected chi connectivity index (χ2v) is 6.43. The van der Waals surface area contributed by atoms with E-state index in [1.807, 2.05) is 24.2 Å². The van der Waals surface area contributed by atoms with Gasteiger partial charge in [0, 0.05) is 37.6 Å². The Bertz CT molecular complexity index is 733. The summed E-state index contributed by atoms with van der Waals surface area (Å²) in [5.74, 6) is 2.90. The number of rotatable bonds is 5. The summed E-state index contributed by atoms with van der Waals surface area (Å²) < 4.78 is 12.7. The molecule has 1 amide bonds. The summed E-state index contributed by atoms with van der Waals surface area (Å²) in [6.45, 7) is 4.57. The monoisotopic (exact) mass is 343 g/mol. The molecule has 0 radical (unpaired) electrons. The number of carbonyl (C=O) groups excluding carboxylic acids is 1. The second-order valence-electron chi connectivity index (χ2n) is 6.43. The molecule has 1 fully saturated rings. The third kappa shape index (κ3) is 3.78. The highest BCUT2D eigenvalue weighted by atomic mass is 16.5. The third-order valence-electron chi connectivity index (χ3n) is 4.91. The number of amides is 1. The third-order valence-corrected chi connectivity index (χ3v) is 4.91. The molecule has 0 N–H and O–H groups in total. The number of benzene rings is 1. The Balaban J connectivity index is 1.61. The fourth-order valence-electron chi connectivity index (χ4n) is 3.35. The molecule has 0 bridgehead atoms. The van der Waals surface area contributed by atoms with E-state index in [-0.39, 0.29) is 5.91 Å². The molecule has 0 unspecified atom stereocenters. The lowest BCUT2D eigenvalue weighted by Gasteiger charge is -2.32. The van der Waals surface area contributed by atoms with Crippen molar-refractivity contribution >= 4 is 5.91 Å². The van der Waals surface area contributed by atoms with Crippen molar-refractivity contribution in [2.45, 2.75) is 26.3 Å². The summed E-state index contributed by atoms with van der Waals surface area (Å²) in [6, 6.07) is 5.33. The molecule has 0 saturated carbocycles. The van der Waals surface area contributed by atoms with Gasteiger partial charge < -0.3 is 18.9 Å². The number of carbonyl (C=O) groups is 1. The van der Waals surface area contributed by atoms with Crippen LogP contribution >= 0.6 is 0 Å². The van der Waals surface area contributed by atoms with Gasteiger partial charge in [0.05, 0.1) is 14.2 Å². The Morgan fingerprint density at radius 3 is 2.52 bits per heavy atom. The van der Waals surface area contributed by atoms with Crippen LogP contribution in [0.25, 0.3) is 0 Å². The van der Waals surface area contributed by atoms with Crippen molar-refractivity contribution in [1.82, 2.24) is 14.5 Å². The van der Waals surface area contributed by atoms with E-state index < -0.39 is 0 Å². The van der Waals surface area contributed by atoms with Crippen LogP contribution in [0.2, 0.25) is 0 Å². The van der Waals surface area contributed by atoms with Crippen molar-refractivity contribution in [3.05, 3.63) is 42.0 Å². The Morgan fingerprint density at radius 1 is 1.20 bits per heavy atom. The Morgan fingerprint density at radius 2 is 1.92 bits per heavy atom. The summed E-state index contributed by atoms with van der Waals surface area (Å²) in [5.41, 5.74) is 0.640. The Hall–Kier alpha value is -2.50. The number of piperidine rings is 1. The molecule has 1 aliphatic heterocycles. The van der Waals surface area contributed by atoms with E-state index in [4.69, 9.17) is 9.47 Å². The molecule has 2 heterocycles. The maximum absolute atomic E-state index is 12.8. The summed E-state index contributed by atoms with van der Waals surface area (Å²) in [7, 11) is 3.17. The number of imidazole rings is 1. The minimum Gasteiger partial charge on any atom is -0.493 e. The van der Waals surface area contributed by atoms with E-state index in [1.54, 1.807) is 32.4 Å². The average molecular weight is 343 g/mol. The lowest BCUT2D eigenvalue weighted by atomic mass is 9.96. The minimum absolute atomic E-state index is 0.0539. The SMILES string of the molecule is COc1ccc(C(=O)N2CCC(Cn3ccnc3C)CC2)cc1OC. The van der Waals surface area contributed by atoms with Crippen LogP contribution in [0.3, 0.4) is 0 Å². The van der Waals surface area contributed by atoms with Crippen molar-refractivity contribution in [2.75, 3.05) is 27.3 Å². The maximum Gasteiger partial charge on any atom is 0.253 e. The first-order chi connectivity index (χ1) is 12.1. The predicted molar refractivity (Wildman–Crippen MR) is 95.1 cm³/mol. The van der Waals surface area contributed by atoms with Crippen LogP contribution in [0.15, 0.2) is 30.6 Å². The Kier molecular flexibility index (Phi) is 5.26. The molecule has 1 aromatic heterocycles. The second kappa shape index (κ2) is 7.59. The van der Waals surface area contributed by atoms with Gasteiger partial charge in [-0.3, -0.25) is 4.79 Å². The van der Waals surface area contributed by atoms with Crippen molar-refractivity contribution in [1.29, 1.82) is 0 Å². The molecular weight excluding hydrogens is 318 g/mol. The molecule has 134 valence electrons. The molecule has 0 aliphatic carbocycles. The van der Waals surface area contributed by atoms with Crippen LogP contribution in [0, 0.1) is 12.8 Å². The molecule has 1 aromatic carbocycles. The molecule has 25 heavy (non-hydrogen) atoms. The minimum atomic E-state index is 0.0539. The highest BCUT2D eigenvalue weighted by Crippen LogP contribution is 2.29. The van der Waals surface area contributed by atoms with Gasteiger partial charge in [-0.05, 0) is 43.9 Å². The summed E-state index contributed by atoms with van der Waals surface area (Å²) in [6.07, 6.45) is 5.88. The zero-order chi connectivity index (χ0) is 17.8. The van der Waals surface area contributed by atoms with Gasteiger partial charge >= 0.3 is 0 Å². The normalized spacial score (nSPS) is 15.2. The largest absolute Gasteiger partial charge is 0.493 e.